The lowest BCUT2D eigenvalue weighted by Crippen LogP contribution is -2.19. The molecule has 1 aromatic heterocycles. The van der Waals surface area contributed by atoms with Gasteiger partial charge in [0.05, 0.1) is 32.7 Å². The Morgan fingerprint density at radius 2 is 1.66 bits per heavy atom. The zero-order valence-corrected chi connectivity index (χ0v) is 21.0. The van der Waals surface area contributed by atoms with Crippen LogP contribution in [-0.2, 0) is 4.79 Å². The van der Waals surface area contributed by atoms with Gasteiger partial charge in [0.2, 0.25) is 5.91 Å². The Hall–Kier alpha value is -2.36. The minimum atomic E-state index is -1.39. The smallest absolute Gasteiger partial charge is 0.258 e. The second-order valence-corrected chi connectivity index (χ2v) is 10.3. The summed E-state index contributed by atoms with van der Waals surface area (Å²) < 4.78 is 26.0. The van der Waals surface area contributed by atoms with E-state index >= 15 is 0 Å². The first-order chi connectivity index (χ1) is 16.4. The molecule has 1 heterocycles. The first-order valence-corrected chi connectivity index (χ1v) is 11.6. The molecule has 13 heteroatoms. The maximum atomic E-state index is 14.1. The molecule has 0 saturated heterocycles. The summed E-state index contributed by atoms with van der Waals surface area (Å²) in [6.45, 7) is 0. The highest BCUT2D eigenvalue weighted by Gasteiger charge is 2.67. The van der Waals surface area contributed by atoms with Crippen molar-refractivity contribution in [2.24, 2.45) is 5.92 Å². The summed E-state index contributed by atoms with van der Waals surface area (Å²) in [5.74, 6) is -5.65. The zero-order chi connectivity index (χ0) is 25.7. The van der Waals surface area contributed by atoms with Crippen molar-refractivity contribution in [3.8, 4) is 0 Å². The highest BCUT2D eigenvalue weighted by Crippen LogP contribution is 2.65. The van der Waals surface area contributed by atoms with E-state index in [1.54, 1.807) is 18.2 Å². The molecule has 0 bridgehead atoms. The lowest BCUT2D eigenvalue weighted by Gasteiger charge is -2.11. The van der Waals surface area contributed by atoms with Crippen molar-refractivity contribution >= 4 is 87.0 Å². The van der Waals surface area contributed by atoms with Crippen LogP contribution in [0.1, 0.15) is 21.8 Å². The standard InChI is InChI=1S/C22H13Cl5F2N4O2/c23-11-4-2-9(6-10(11)20(34)33-19-17(29)18(30)14(28)7-31-19)32-21(35)16-15(22(16,26)27)8-1-3-12(24)13(25)5-8/h1-7,15-16H,(H,32,35)(H3,30,31,33,34)/t15-,16?/m0/s1. The number of hydrogen-bond donors (Lipinski definition) is 3. The summed E-state index contributed by atoms with van der Waals surface area (Å²) in [5.41, 5.74) is 5.19. The minimum Gasteiger partial charge on any atom is -0.394 e. The van der Waals surface area contributed by atoms with Crippen LogP contribution in [0.15, 0.2) is 42.6 Å². The van der Waals surface area contributed by atoms with Gasteiger partial charge in [-0.3, -0.25) is 9.59 Å². The third-order valence-corrected chi connectivity index (χ3v) is 7.37. The van der Waals surface area contributed by atoms with Crippen molar-refractivity contribution in [3.63, 3.8) is 0 Å². The Morgan fingerprint density at radius 1 is 0.971 bits per heavy atom. The fraction of sp³-hybridized carbons (Fsp3) is 0.136. The van der Waals surface area contributed by atoms with Crippen LogP contribution in [0.4, 0.5) is 26.0 Å². The van der Waals surface area contributed by atoms with Gasteiger partial charge in [0.15, 0.2) is 17.5 Å². The van der Waals surface area contributed by atoms with Crippen molar-refractivity contribution in [1.82, 2.24) is 4.98 Å². The second kappa shape index (κ2) is 9.59. The van der Waals surface area contributed by atoms with E-state index in [0.29, 0.717) is 21.8 Å². The molecule has 35 heavy (non-hydrogen) atoms. The van der Waals surface area contributed by atoms with E-state index in [0.717, 1.165) is 0 Å². The molecule has 3 aromatic rings. The maximum Gasteiger partial charge on any atom is 0.258 e. The fourth-order valence-corrected chi connectivity index (χ4v) is 4.85. The number of alkyl halides is 2. The van der Waals surface area contributed by atoms with Gasteiger partial charge in [-0.1, -0.05) is 40.9 Å². The van der Waals surface area contributed by atoms with Gasteiger partial charge in [-0.25, -0.2) is 13.8 Å². The van der Waals surface area contributed by atoms with E-state index in [2.05, 4.69) is 15.6 Å². The lowest BCUT2D eigenvalue weighted by molar-refractivity contribution is -0.117. The monoisotopic (exact) mass is 578 g/mol. The van der Waals surface area contributed by atoms with E-state index < -0.39 is 51.1 Å². The fourth-order valence-electron chi connectivity index (χ4n) is 3.51. The second-order valence-electron chi connectivity index (χ2n) is 7.62. The molecular weight excluding hydrogens is 568 g/mol. The Bertz CT molecular complexity index is 1370. The molecule has 4 rings (SSSR count). The number of hydrogen-bond acceptors (Lipinski definition) is 4. The van der Waals surface area contributed by atoms with Gasteiger partial charge < -0.3 is 16.4 Å². The molecule has 4 N–H and O–H groups in total. The lowest BCUT2D eigenvalue weighted by atomic mass is 10.1. The Morgan fingerprint density at radius 3 is 2.34 bits per heavy atom. The first kappa shape index (κ1) is 25.7. The van der Waals surface area contributed by atoms with Gasteiger partial charge in [-0.15, -0.1) is 23.2 Å². The van der Waals surface area contributed by atoms with Crippen molar-refractivity contribution in [2.75, 3.05) is 16.4 Å². The van der Waals surface area contributed by atoms with Crippen LogP contribution in [0.3, 0.4) is 0 Å². The number of nitrogens with two attached hydrogens (primary N) is 1. The van der Waals surface area contributed by atoms with Crippen LogP contribution in [-0.4, -0.2) is 21.1 Å². The van der Waals surface area contributed by atoms with Crippen molar-refractivity contribution in [3.05, 3.63) is 80.4 Å². The van der Waals surface area contributed by atoms with Crippen molar-refractivity contribution < 1.29 is 18.4 Å². The van der Waals surface area contributed by atoms with Crippen molar-refractivity contribution in [2.45, 2.75) is 10.3 Å². The quantitative estimate of drug-likeness (QED) is 0.293. The molecule has 0 radical (unpaired) electrons. The molecule has 182 valence electrons. The van der Waals surface area contributed by atoms with Gasteiger partial charge in [0.25, 0.3) is 5.91 Å². The molecule has 0 aliphatic heterocycles. The topological polar surface area (TPSA) is 97.1 Å². The summed E-state index contributed by atoms with van der Waals surface area (Å²) in [4.78, 5) is 29.0. The molecule has 6 nitrogen and oxygen atoms in total. The third kappa shape index (κ3) is 4.99. The van der Waals surface area contributed by atoms with Crippen LogP contribution in [0, 0.1) is 17.6 Å². The Kier molecular flexibility index (Phi) is 7.05. The number of nitrogen functional groups attached to an aromatic ring is 1. The van der Waals surface area contributed by atoms with Crippen LogP contribution in [0.5, 0.6) is 0 Å². The normalized spacial score (nSPS) is 18.1. The third-order valence-electron chi connectivity index (χ3n) is 5.36. The number of benzene rings is 2. The number of nitrogens with zero attached hydrogens (tertiary/aromatic N) is 1. The number of carbonyl (C=O) groups is 2. The molecule has 2 amide bonds. The number of rotatable bonds is 5. The molecule has 1 aliphatic rings. The number of nitrogens with one attached hydrogen (secondary N) is 2. The minimum absolute atomic E-state index is 0.000119. The molecule has 2 aromatic carbocycles. The summed E-state index contributed by atoms with van der Waals surface area (Å²) in [6.07, 6.45) is 0.663. The van der Waals surface area contributed by atoms with Crippen molar-refractivity contribution in [1.29, 1.82) is 0 Å². The molecule has 1 aliphatic carbocycles. The first-order valence-electron chi connectivity index (χ1n) is 9.75. The van der Waals surface area contributed by atoms with E-state index in [4.69, 9.17) is 63.7 Å². The largest absolute Gasteiger partial charge is 0.394 e. The molecule has 1 unspecified atom stereocenters. The summed E-state index contributed by atoms with van der Waals surface area (Å²) in [7, 11) is 0. The maximum absolute atomic E-state index is 14.1. The predicted molar refractivity (Wildman–Crippen MR) is 134 cm³/mol. The van der Waals surface area contributed by atoms with Gasteiger partial charge in [0, 0.05) is 11.6 Å². The Balaban J connectivity index is 1.52. The van der Waals surface area contributed by atoms with Crippen LogP contribution in [0.2, 0.25) is 15.1 Å². The van der Waals surface area contributed by atoms with Crippen LogP contribution < -0.4 is 16.4 Å². The molecule has 1 fully saturated rings. The van der Waals surface area contributed by atoms with Gasteiger partial charge in [-0.2, -0.15) is 0 Å². The summed E-state index contributed by atoms with van der Waals surface area (Å²) in [6, 6.07) is 8.90. The zero-order valence-electron chi connectivity index (χ0n) is 17.2. The number of amides is 2. The van der Waals surface area contributed by atoms with E-state index in [-0.39, 0.29) is 16.3 Å². The van der Waals surface area contributed by atoms with Crippen LogP contribution in [0.25, 0.3) is 0 Å². The summed E-state index contributed by atoms with van der Waals surface area (Å²) >= 11 is 30.8. The van der Waals surface area contributed by atoms with Crippen LogP contribution >= 0.6 is 58.0 Å². The van der Waals surface area contributed by atoms with E-state index in [1.807, 2.05) is 0 Å². The number of carbonyl (C=O) groups excluding carboxylic acids is 2. The van der Waals surface area contributed by atoms with E-state index in [9.17, 15) is 18.4 Å². The Labute approximate surface area is 222 Å². The van der Waals surface area contributed by atoms with Gasteiger partial charge >= 0.3 is 0 Å². The molecule has 2 atom stereocenters. The molecule has 0 spiro atoms. The van der Waals surface area contributed by atoms with Gasteiger partial charge in [0.1, 0.15) is 10.0 Å². The molecular formula is C22H13Cl5F2N4O2. The average molecular weight is 581 g/mol. The predicted octanol–water partition coefficient (Wildman–Crippen LogP) is 6.68. The number of pyridine rings is 1. The number of aromatic nitrogens is 1. The molecule has 1 saturated carbocycles. The SMILES string of the molecule is Nc1c(F)cnc(NC(=O)c2cc(NC(=O)C3[C@H](c4ccc(Cl)c(Cl)c4)C3(Cl)Cl)ccc2Cl)c1F. The highest BCUT2D eigenvalue weighted by atomic mass is 35.5. The number of anilines is 3. The van der Waals surface area contributed by atoms with Gasteiger partial charge in [-0.05, 0) is 35.9 Å². The highest BCUT2D eigenvalue weighted by molar-refractivity contribution is 6.53. The average Bonchev–Trinajstić information content (AvgIpc) is 3.39. The van der Waals surface area contributed by atoms with E-state index in [1.165, 1.54) is 18.2 Å². The number of halogens is 7. The summed E-state index contributed by atoms with van der Waals surface area (Å²) in [5, 5.41) is 5.44.